The van der Waals surface area contributed by atoms with E-state index in [2.05, 4.69) is 27.3 Å². The van der Waals surface area contributed by atoms with Crippen molar-refractivity contribution in [2.75, 3.05) is 18.4 Å². The van der Waals surface area contributed by atoms with Crippen molar-refractivity contribution < 1.29 is 13.2 Å². The van der Waals surface area contributed by atoms with Gasteiger partial charge in [-0.05, 0) is 67.6 Å². The normalized spacial score (nSPS) is 20.9. The molecule has 0 aromatic heterocycles. The lowest BCUT2D eigenvalue weighted by atomic mass is 9.97. The number of piperidine rings is 1. The van der Waals surface area contributed by atoms with Crippen molar-refractivity contribution >= 4 is 37.5 Å². The van der Waals surface area contributed by atoms with Gasteiger partial charge in [-0.25, -0.2) is 8.42 Å². The molecular weight excluding hydrogens is 466 g/mol. The van der Waals surface area contributed by atoms with Crippen LogP contribution in [0.4, 0.5) is 5.69 Å². The summed E-state index contributed by atoms with van der Waals surface area (Å²) in [7, 11) is -3.63. The first kappa shape index (κ1) is 21.0. The van der Waals surface area contributed by atoms with E-state index in [4.69, 9.17) is 0 Å². The van der Waals surface area contributed by atoms with E-state index in [1.807, 2.05) is 24.3 Å². The van der Waals surface area contributed by atoms with Crippen LogP contribution in [0.15, 0.2) is 57.9 Å². The molecule has 4 rings (SSSR count). The van der Waals surface area contributed by atoms with Crippen LogP contribution in [0.25, 0.3) is 0 Å². The van der Waals surface area contributed by atoms with Gasteiger partial charge in [0.25, 0.3) is 0 Å². The standard InChI is InChI=1S/C22H22BrN3O3S/c23-18-5-9-20(10-6-18)30(28,29)26-13-1-2-16(14-26)21(27)25-19-7-3-17(4-8-19)22(15-24)11-12-22/h3-10,16H,1-2,11-14H2,(H,25,27). The number of hydrogen-bond donors (Lipinski definition) is 1. The number of nitrogens with zero attached hydrogens (tertiary/aromatic N) is 2. The Hall–Kier alpha value is -2.21. The monoisotopic (exact) mass is 487 g/mol. The average molecular weight is 488 g/mol. The average Bonchev–Trinajstić information content (AvgIpc) is 3.56. The topological polar surface area (TPSA) is 90.3 Å². The maximum Gasteiger partial charge on any atom is 0.243 e. The molecule has 1 aliphatic heterocycles. The number of benzene rings is 2. The number of sulfonamides is 1. The number of carbonyl (C=O) groups is 1. The maximum absolute atomic E-state index is 12.9. The highest BCUT2D eigenvalue weighted by molar-refractivity contribution is 9.10. The second-order valence-electron chi connectivity index (χ2n) is 7.92. The van der Waals surface area contributed by atoms with Crippen LogP contribution in [0, 0.1) is 17.2 Å². The van der Waals surface area contributed by atoms with Crippen LogP contribution in [-0.4, -0.2) is 31.7 Å². The van der Waals surface area contributed by atoms with Crippen molar-refractivity contribution in [1.82, 2.24) is 4.31 Å². The Kier molecular flexibility index (Phi) is 5.71. The summed E-state index contributed by atoms with van der Waals surface area (Å²) in [6.45, 7) is 0.576. The van der Waals surface area contributed by atoms with Gasteiger partial charge in [-0.3, -0.25) is 4.79 Å². The first-order chi connectivity index (χ1) is 14.3. The zero-order valence-corrected chi connectivity index (χ0v) is 18.7. The molecular formula is C22H22BrN3O3S. The van der Waals surface area contributed by atoms with Crippen molar-refractivity contribution in [2.45, 2.75) is 36.0 Å². The van der Waals surface area contributed by atoms with E-state index < -0.39 is 15.9 Å². The summed E-state index contributed by atoms with van der Waals surface area (Å²) >= 11 is 3.31. The van der Waals surface area contributed by atoms with Gasteiger partial charge < -0.3 is 5.32 Å². The largest absolute Gasteiger partial charge is 0.326 e. The first-order valence-electron chi connectivity index (χ1n) is 9.92. The van der Waals surface area contributed by atoms with E-state index >= 15 is 0 Å². The second kappa shape index (κ2) is 8.14. The highest BCUT2D eigenvalue weighted by Gasteiger charge is 2.44. The zero-order valence-electron chi connectivity index (χ0n) is 16.3. The molecule has 8 heteroatoms. The number of carbonyl (C=O) groups excluding carboxylic acids is 1. The molecule has 1 saturated carbocycles. The minimum atomic E-state index is -3.63. The molecule has 1 heterocycles. The van der Waals surface area contributed by atoms with Gasteiger partial charge >= 0.3 is 0 Å². The Bertz CT molecular complexity index is 1090. The molecule has 1 saturated heterocycles. The van der Waals surface area contributed by atoms with Gasteiger partial charge in [-0.15, -0.1) is 0 Å². The highest BCUT2D eigenvalue weighted by atomic mass is 79.9. The number of hydrogen-bond acceptors (Lipinski definition) is 4. The van der Waals surface area contributed by atoms with Crippen LogP contribution in [0.5, 0.6) is 0 Å². The van der Waals surface area contributed by atoms with Gasteiger partial charge in [0.05, 0.1) is 22.3 Å². The molecule has 1 amide bonds. The fourth-order valence-electron chi connectivity index (χ4n) is 3.84. The molecule has 2 aliphatic rings. The lowest BCUT2D eigenvalue weighted by molar-refractivity contribution is -0.120. The summed E-state index contributed by atoms with van der Waals surface area (Å²) in [5.41, 5.74) is 1.28. The number of nitriles is 1. The van der Waals surface area contributed by atoms with E-state index in [1.54, 1.807) is 24.3 Å². The van der Waals surface area contributed by atoms with E-state index in [0.717, 1.165) is 22.9 Å². The third kappa shape index (κ3) is 4.15. The summed E-state index contributed by atoms with van der Waals surface area (Å²) < 4.78 is 28.1. The van der Waals surface area contributed by atoms with E-state index in [0.29, 0.717) is 25.1 Å². The molecule has 2 fully saturated rings. The summed E-state index contributed by atoms with van der Waals surface area (Å²) in [6, 6.07) is 16.3. The van der Waals surface area contributed by atoms with Crippen molar-refractivity contribution in [3.05, 3.63) is 58.6 Å². The molecule has 1 unspecified atom stereocenters. The van der Waals surface area contributed by atoms with Crippen molar-refractivity contribution in [3.8, 4) is 6.07 Å². The molecule has 156 valence electrons. The summed E-state index contributed by atoms with van der Waals surface area (Å²) in [5, 5.41) is 12.2. The number of anilines is 1. The fraction of sp³-hybridized carbons (Fsp3) is 0.364. The van der Waals surface area contributed by atoms with Gasteiger partial charge in [-0.1, -0.05) is 28.1 Å². The van der Waals surface area contributed by atoms with Crippen LogP contribution in [0.3, 0.4) is 0 Å². The summed E-state index contributed by atoms with van der Waals surface area (Å²) in [4.78, 5) is 13.0. The Balaban J connectivity index is 1.42. The van der Waals surface area contributed by atoms with Crippen LogP contribution in [0.1, 0.15) is 31.2 Å². The molecule has 1 atom stereocenters. The molecule has 30 heavy (non-hydrogen) atoms. The van der Waals surface area contributed by atoms with Crippen molar-refractivity contribution in [1.29, 1.82) is 5.26 Å². The van der Waals surface area contributed by atoms with Crippen LogP contribution < -0.4 is 5.32 Å². The predicted molar refractivity (Wildman–Crippen MR) is 117 cm³/mol. The number of halogens is 1. The molecule has 0 spiro atoms. The van der Waals surface area contributed by atoms with Crippen LogP contribution >= 0.6 is 15.9 Å². The SMILES string of the molecule is N#CC1(c2ccc(NC(=O)C3CCCN(S(=O)(=O)c4ccc(Br)cc4)C3)cc2)CC1. The summed E-state index contributed by atoms with van der Waals surface area (Å²) in [6.07, 6.45) is 3.03. The number of nitrogens with one attached hydrogen (secondary N) is 1. The Morgan fingerprint density at radius 3 is 2.40 bits per heavy atom. The Labute approximate surface area is 185 Å². The highest BCUT2D eigenvalue weighted by Crippen LogP contribution is 2.47. The first-order valence-corrected chi connectivity index (χ1v) is 12.2. The van der Waals surface area contributed by atoms with Gasteiger partial charge in [0.2, 0.25) is 15.9 Å². The Morgan fingerprint density at radius 2 is 1.80 bits per heavy atom. The van der Waals surface area contributed by atoms with Gasteiger partial charge in [0.15, 0.2) is 0 Å². The Morgan fingerprint density at radius 1 is 1.13 bits per heavy atom. The van der Waals surface area contributed by atoms with E-state index in [1.165, 1.54) is 4.31 Å². The predicted octanol–water partition coefficient (Wildman–Crippen LogP) is 4.04. The van der Waals surface area contributed by atoms with E-state index in [9.17, 15) is 18.5 Å². The van der Waals surface area contributed by atoms with E-state index in [-0.39, 0.29) is 22.8 Å². The van der Waals surface area contributed by atoms with Gasteiger partial charge in [0.1, 0.15) is 0 Å². The third-order valence-corrected chi connectivity index (χ3v) is 8.28. The maximum atomic E-state index is 12.9. The fourth-order valence-corrected chi connectivity index (χ4v) is 5.63. The van der Waals surface area contributed by atoms with Crippen LogP contribution in [0.2, 0.25) is 0 Å². The van der Waals surface area contributed by atoms with Gasteiger partial charge in [0, 0.05) is 23.2 Å². The van der Waals surface area contributed by atoms with Gasteiger partial charge in [-0.2, -0.15) is 9.57 Å². The van der Waals surface area contributed by atoms with Crippen LogP contribution in [-0.2, 0) is 20.2 Å². The second-order valence-corrected chi connectivity index (χ2v) is 10.8. The number of amides is 1. The molecule has 0 bridgehead atoms. The molecule has 2 aromatic rings. The van der Waals surface area contributed by atoms with Crippen molar-refractivity contribution in [3.63, 3.8) is 0 Å². The lowest BCUT2D eigenvalue weighted by Gasteiger charge is -2.31. The third-order valence-electron chi connectivity index (χ3n) is 5.88. The minimum absolute atomic E-state index is 0.167. The zero-order chi connectivity index (χ0) is 21.4. The lowest BCUT2D eigenvalue weighted by Crippen LogP contribution is -2.43. The molecule has 6 nitrogen and oxygen atoms in total. The molecule has 1 aliphatic carbocycles. The quantitative estimate of drug-likeness (QED) is 0.688. The number of rotatable bonds is 5. The molecule has 0 radical (unpaired) electrons. The molecule has 2 aromatic carbocycles. The minimum Gasteiger partial charge on any atom is -0.326 e. The van der Waals surface area contributed by atoms with Crippen molar-refractivity contribution in [2.24, 2.45) is 5.92 Å². The molecule has 1 N–H and O–H groups in total. The smallest absolute Gasteiger partial charge is 0.243 e. The summed E-state index contributed by atoms with van der Waals surface area (Å²) in [5.74, 6) is -0.586.